The lowest BCUT2D eigenvalue weighted by Gasteiger charge is -2.14. The zero-order valence-electron chi connectivity index (χ0n) is 19.2. The molecule has 0 saturated carbocycles. The topological polar surface area (TPSA) is 81.8 Å². The molecule has 1 N–H and O–H groups in total. The highest BCUT2D eigenvalue weighted by Crippen LogP contribution is 2.24. The lowest BCUT2D eigenvalue weighted by atomic mass is 10.0. The predicted molar refractivity (Wildman–Crippen MR) is 136 cm³/mol. The quantitative estimate of drug-likeness (QED) is 0.370. The average Bonchev–Trinajstić information content (AvgIpc) is 3.21. The van der Waals surface area contributed by atoms with Gasteiger partial charge >= 0.3 is 0 Å². The zero-order chi connectivity index (χ0) is 23.9. The Morgan fingerprint density at radius 1 is 0.857 bits per heavy atom. The minimum absolute atomic E-state index is 0.174. The van der Waals surface area contributed by atoms with Gasteiger partial charge in [0.25, 0.3) is 11.5 Å². The third kappa shape index (κ3) is 3.91. The van der Waals surface area contributed by atoms with E-state index in [9.17, 15) is 9.59 Å². The van der Waals surface area contributed by atoms with Gasteiger partial charge in [0.1, 0.15) is 0 Å². The zero-order valence-corrected chi connectivity index (χ0v) is 19.2. The highest BCUT2D eigenvalue weighted by molar-refractivity contribution is 6.04. The average molecular weight is 462 g/mol. The number of carbonyl (C=O) groups excluding carboxylic acids is 1. The van der Waals surface area contributed by atoms with E-state index in [-0.39, 0.29) is 18.0 Å². The fraction of sp³-hybridized carbons (Fsp3) is 0.143. The normalized spacial score (nSPS) is 13.3. The highest BCUT2D eigenvalue weighted by Gasteiger charge is 2.16. The molecule has 0 saturated heterocycles. The molecule has 0 unspecified atom stereocenters. The Labute approximate surface area is 201 Å². The molecule has 1 aliphatic rings. The van der Waals surface area contributed by atoms with Gasteiger partial charge in [-0.2, -0.15) is 5.10 Å². The van der Waals surface area contributed by atoms with Gasteiger partial charge in [-0.3, -0.25) is 14.9 Å². The molecule has 6 rings (SSSR count). The van der Waals surface area contributed by atoms with Gasteiger partial charge in [-0.1, -0.05) is 42.5 Å². The van der Waals surface area contributed by atoms with Crippen LogP contribution < -0.4 is 10.9 Å². The number of benzene rings is 3. The van der Waals surface area contributed by atoms with E-state index in [0.29, 0.717) is 18.1 Å². The number of hydrogen-bond donors (Lipinski definition) is 1. The minimum atomic E-state index is -0.248. The summed E-state index contributed by atoms with van der Waals surface area (Å²) < 4.78 is 3.51. The number of nitrogens with one attached hydrogen (secondary N) is 1. The van der Waals surface area contributed by atoms with Crippen molar-refractivity contribution in [3.05, 3.63) is 111 Å². The van der Waals surface area contributed by atoms with Crippen molar-refractivity contribution in [1.82, 2.24) is 19.3 Å². The Hall–Kier alpha value is -4.52. The molecule has 7 nitrogen and oxygen atoms in total. The first kappa shape index (κ1) is 21.0. The van der Waals surface area contributed by atoms with Gasteiger partial charge in [0.2, 0.25) is 5.95 Å². The summed E-state index contributed by atoms with van der Waals surface area (Å²) in [5.74, 6) is 0.270. The van der Waals surface area contributed by atoms with Crippen LogP contribution in [0.1, 0.15) is 27.0 Å². The Kier molecular flexibility index (Phi) is 5.03. The van der Waals surface area contributed by atoms with Crippen LogP contribution in [0.15, 0.2) is 83.7 Å². The van der Waals surface area contributed by atoms with Gasteiger partial charge in [0, 0.05) is 23.7 Å². The molecule has 1 amide bonds. The smallest absolute Gasteiger partial charge is 0.267 e. The van der Waals surface area contributed by atoms with E-state index >= 15 is 0 Å². The number of nitrogens with zero attached hydrogens (tertiary/aromatic N) is 4. The van der Waals surface area contributed by atoms with Crippen LogP contribution in [0.25, 0.3) is 22.3 Å². The summed E-state index contributed by atoms with van der Waals surface area (Å²) in [5.41, 5.74) is 6.66. The maximum absolute atomic E-state index is 13.2. The molecule has 0 fully saturated rings. The number of hydrogen-bond acceptors (Lipinski definition) is 4. The number of imidazole rings is 1. The second-order valence-corrected chi connectivity index (χ2v) is 8.85. The van der Waals surface area contributed by atoms with Crippen LogP contribution >= 0.6 is 0 Å². The van der Waals surface area contributed by atoms with Crippen LogP contribution in [0.5, 0.6) is 0 Å². The summed E-state index contributed by atoms with van der Waals surface area (Å²) in [7, 11) is 0. The number of rotatable bonds is 0. The molecule has 3 heterocycles. The molecule has 0 spiro atoms. The van der Waals surface area contributed by atoms with Crippen molar-refractivity contribution in [3.8, 4) is 11.3 Å². The van der Waals surface area contributed by atoms with Crippen LogP contribution in [0.3, 0.4) is 0 Å². The molecule has 172 valence electrons. The molecule has 35 heavy (non-hydrogen) atoms. The molecule has 2 aromatic heterocycles. The summed E-state index contributed by atoms with van der Waals surface area (Å²) in [6.45, 7) is 2.82. The summed E-state index contributed by atoms with van der Waals surface area (Å²) in [6, 6.07) is 25.0. The maximum atomic E-state index is 13.2. The van der Waals surface area contributed by atoms with Crippen molar-refractivity contribution < 1.29 is 4.79 Å². The summed E-state index contributed by atoms with van der Waals surface area (Å²) in [6.07, 6.45) is 0.741. The Balaban J connectivity index is 1.54. The van der Waals surface area contributed by atoms with Crippen molar-refractivity contribution in [2.45, 2.75) is 26.4 Å². The largest absolute Gasteiger partial charge is 0.310 e. The summed E-state index contributed by atoms with van der Waals surface area (Å²) >= 11 is 0. The Morgan fingerprint density at radius 2 is 1.63 bits per heavy atom. The fourth-order valence-electron chi connectivity index (χ4n) is 4.65. The third-order valence-corrected chi connectivity index (χ3v) is 6.41. The first-order valence-corrected chi connectivity index (χ1v) is 11.6. The molecule has 3 aromatic carbocycles. The highest BCUT2D eigenvalue weighted by atomic mass is 16.2. The van der Waals surface area contributed by atoms with Crippen LogP contribution in [-0.4, -0.2) is 25.2 Å². The number of anilines is 1. The molecule has 5 aromatic rings. The molecule has 0 aliphatic carbocycles. The molecule has 0 radical (unpaired) electrons. The molecular weight excluding hydrogens is 438 g/mol. The van der Waals surface area contributed by atoms with Gasteiger partial charge in [-0.15, -0.1) is 0 Å². The number of amides is 1. The van der Waals surface area contributed by atoms with Gasteiger partial charge in [0.15, 0.2) is 0 Å². The van der Waals surface area contributed by atoms with Gasteiger partial charge < -0.3 is 4.57 Å². The molecule has 0 atom stereocenters. The molecular formula is C28H23N5O2. The van der Waals surface area contributed by atoms with Crippen molar-refractivity contribution in [2.75, 3.05) is 5.32 Å². The summed E-state index contributed by atoms with van der Waals surface area (Å²) in [5, 5.41) is 7.70. The van der Waals surface area contributed by atoms with Crippen molar-refractivity contribution in [1.29, 1.82) is 0 Å². The number of fused-ring (bicyclic) bond motifs is 10. The molecule has 6 bridgehead atoms. The number of aromatic nitrogens is 4. The first-order chi connectivity index (χ1) is 17.0. The predicted octanol–water partition coefficient (Wildman–Crippen LogP) is 4.43. The number of aryl methyl sites for hydroxylation is 3. The van der Waals surface area contributed by atoms with Gasteiger partial charge in [-0.05, 0) is 60.4 Å². The van der Waals surface area contributed by atoms with Crippen LogP contribution in [0.4, 0.5) is 5.95 Å². The summed E-state index contributed by atoms with van der Waals surface area (Å²) in [4.78, 5) is 30.6. The van der Waals surface area contributed by atoms with Crippen molar-refractivity contribution in [2.24, 2.45) is 0 Å². The van der Waals surface area contributed by atoms with Crippen LogP contribution in [0, 0.1) is 6.92 Å². The third-order valence-electron chi connectivity index (χ3n) is 6.41. The Bertz CT molecular complexity index is 1660. The SMILES string of the molecule is Cc1cc(=O)n2nc1-c1cccc(c1)CCn1c(nc3ccccc31)NC(=O)c1cccc(c1)C2. The van der Waals surface area contributed by atoms with Crippen molar-refractivity contribution in [3.63, 3.8) is 0 Å². The lowest BCUT2D eigenvalue weighted by Crippen LogP contribution is -2.24. The van der Waals surface area contributed by atoms with E-state index < -0.39 is 0 Å². The van der Waals surface area contributed by atoms with Crippen molar-refractivity contribution >= 4 is 22.9 Å². The van der Waals surface area contributed by atoms with Gasteiger partial charge in [0.05, 0.1) is 23.3 Å². The number of para-hydroxylation sites is 2. The monoisotopic (exact) mass is 461 g/mol. The number of carbonyl (C=O) groups is 1. The van der Waals surface area contributed by atoms with E-state index in [2.05, 4.69) is 22.0 Å². The van der Waals surface area contributed by atoms with Crippen LogP contribution in [-0.2, 0) is 19.5 Å². The van der Waals surface area contributed by atoms with E-state index in [0.717, 1.165) is 45.4 Å². The second kappa shape index (κ2) is 8.36. The Morgan fingerprint density at radius 3 is 2.51 bits per heavy atom. The first-order valence-electron chi connectivity index (χ1n) is 11.6. The van der Waals surface area contributed by atoms with Gasteiger partial charge in [-0.25, -0.2) is 9.67 Å². The fourth-order valence-corrected chi connectivity index (χ4v) is 4.65. The maximum Gasteiger partial charge on any atom is 0.267 e. The van der Waals surface area contributed by atoms with Crippen LogP contribution in [0.2, 0.25) is 0 Å². The van der Waals surface area contributed by atoms with E-state index in [1.54, 1.807) is 18.2 Å². The minimum Gasteiger partial charge on any atom is -0.310 e. The lowest BCUT2D eigenvalue weighted by molar-refractivity contribution is 0.102. The van der Waals surface area contributed by atoms with E-state index in [1.807, 2.05) is 55.5 Å². The van der Waals surface area contributed by atoms with E-state index in [1.165, 1.54) is 4.68 Å². The molecule has 7 heteroatoms. The van der Waals surface area contributed by atoms with E-state index in [4.69, 9.17) is 10.1 Å². The standard InChI is InChI=1S/C28H23N5O2/c1-18-14-25(34)33-17-20-7-5-9-22(16-20)27(35)30-28-29-23-10-2-3-11-24(23)32(28)13-12-19-6-4-8-21(15-19)26(18)31-33/h2-11,14-16H,12-13,17H2,1H3,(H,29,30,35). The second-order valence-electron chi connectivity index (χ2n) is 8.85. The molecule has 1 aliphatic heterocycles.